The van der Waals surface area contributed by atoms with Crippen molar-refractivity contribution < 1.29 is 9.53 Å². The second kappa shape index (κ2) is 5.69. The maximum absolute atomic E-state index is 11.8. The Morgan fingerprint density at radius 1 is 1.19 bits per heavy atom. The number of ketones is 1. The maximum atomic E-state index is 11.8. The van der Waals surface area contributed by atoms with Crippen molar-refractivity contribution in [3.63, 3.8) is 0 Å². The van der Waals surface area contributed by atoms with E-state index in [-0.39, 0.29) is 17.6 Å². The van der Waals surface area contributed by atoms with Gasteiger partial charge in [-0.1, -0.05) is 32.9 Å². The lowest BCUT2D eigenvalue weighted by Crippen LogP contribution is -2.15. The summed E-state index contributed by atoms with van der Waals surface area (Å²) in [7, 11) is 0. The van der Waals surface area contributed by atoms with Gasteiger partial charge in [0, 0.05) is 11.8 Å². The Labute approximate surface area is 97.6 Å². The van der Waals surface area contributed by atoms with Crippen LogP contribution in [-0.2, 0) is 4.79 Å². The van der Waals surface area contributed by atoms with Crippen molar-refractivity contribution in [3.8, 4) is 5.75 Å². The lowest BCUT2D eigenvalue weighted by atomic mass is 9.90. The molecule has 1 aromatic carbocycles. The standard InChI is InChI=1S/C14H20O2/c1-5-16-13-8-6-12(7-9-13)11(4)14(15)10(2)3/h6-11H,5H2,1-4H3. The average Bonchev–Trinajstić information content (AvgIpc) is 2.28. The molecule has 0 aromatic heterocycles. The Morgan fingerprint density at radius 2 is 1.75 bits per heavy atom. The van der Waals surface area contributed by atoms with Crippen molar-refractivity contribution in [3.05, 3.63) is 29.8 Å². The summed E-state index contributed by atoms with van der Waals surface area (Å²) in [6, 6.07) is 7.78. The lowest BCUT2D eigenvalue weighted by Gasteiger charge is -2.13. The van der Waals surface area contributed by atoms with Crippen molar-refractivity contribution in [1.82, 2.24) is 0 Å². The second-order valence-electron chi connectivity index (χ2n) is 4.28. The SMILES string of the molecule is CCOc1ccc(C(C)C(=O)C(C)C)cc1. The third-order valence-corrected chi connectivity index (χ3v) is 2.69. The molecule has 1 rings (SSSR count). The van der Waals surface area contributed by atoms with Crippen LogP contribution in [0.15, 0.2) is 24.3 Å². The quantitative estimate of drug-likeness (QED) is 0.760. The van der Waals surface area contributed by atoms with E-state index in [0.29, 0.717) is 6.61 Å². The van der Waals surface area contributed by atoms with E-state index in [4.69, 9.17) is 4.74 Å². The van der Waals surface area contributed by atoms with E-state index in [1.165, 1.54) is 0 Å². The minimum absolute atomic E-state index is 0.0318. The molecule has 0 saturated carbocycles. The molecule has 0 spiro atoms. The number of hydrogen-bond acceptors (Lipinski definition) is 2. The minimum Gasteiger partial charge on any atom is -0.494 e. The van der Waals surface area contributed by atoms with Crippen LogP contribution in [0.2, 0.25) is 0 Å². The zero-order valence-electron chi connectivity index (χ0n) is 10.5. The summed E-state index contributed by atoms with van der Waals surface area (Å²) in [6.45, 7) is 8.46. The van der Waals surface area contributed by atoms with Gasteiger partial charge in [-0.15, -0.1) is 0 Å². The number of carbonyl (C=O) groups is 1. The van der Waals surface area contributed by atoms with Crippen molar-refractivity contribution in [2.24, 2.45) is 5.92 Å². The van der Waals surface area contributed by atoms with Crippen molar-refractivity contribution in [2.45, 2.75) is 33.6 Å². The first-order valence-corrected chi connectivity index (χ1v) is 5.82. The zero-order chi connectivity index (χ0) is 12.1. The largest absolute Gasteiger partial charge is 0.494 e. The third-order valence-electron chi connectivity index (χ3n) is 2.69. The van der Waals surface area contributed by atoms with Gasteiger partial charge < -0.3 is 4.74 Å². The molecular formula is C14H20O2. The fourth-order valence-corrected chi connectivity index (χ4v) is 1.68. The number of rotatable bonds is 5. The molecule has 1 unspecified atom stereocenters. The van der Waals surface area contributed by atoms with Crippen LogP contribution in [-0.4, -0.2) is 12.4 Å². The van der Waals surface area contributed by atoms with Gasteiger partial charge in [0.15, 0.2) is 0 Å². The van der Waals surface area contributed by atoms with Gasteiger partial charge in [0.05, 0.1) is 6.61 Å². The first-order chi connectivity index (χ1) is 7.56. The smallest absolute Gasteiger partial charge is 0.142 e. The van der Waals surface area contributed by atoms with E-state index in [2.05, 4.69) is 0 Å². The molecule has 0 heterocycles. The van der Waals surface area contributed by atoms with E-state index in [1.807, 2.05) is 52.0 Å². The first-order valence-electron chi connectivity index (χ1n) is 5.82. The molecule has 1 atom stereocenters. The summed E-state index contributed by atoms with van der Waals surface area (Å²) >= 11 is 0. The van der Waals surface area contributed by atoms with Crippen LogP contribution in [0, 0.1) is 5.92 Å². The Morgan fingerprint density at radius 3 is 2.19 bits per heavy atom. The Kier molecular flexibility index (Phi) is 4.53. The number of carbonyl (C=O) groups excluding carboxylic acids is 1. The van der Waals surface area contributed by atoms with Crippen LogP contribution in [0.5, 0.6) is 5.75 Å². The molecule has 0 saturated heterocycles. The highest BCUT2D eigenvalue weighted by molar-refractivity contribution is 5.86. The van der Waals surface area contributed by atoms with Gasteiger partial charge in [-0.2, -0.15) is 0 Å². The van der Waals surface area contributed by atoms with Crippen molar-refractivity contribution in [2.75, 3.05) is 6.61 Å². The van der Waals surface area contributed by atoms with Crippen LogP contribution >= 0.6 is 0 Å². The summed E-state index contributed by atoms with van der Waals surface area (Å²) in [5.41, 5.74) is 1.06. The summed E-state index contributed by atoms with van der Waals surface area (Å²) in [6.07, 6.45) is 0. The van der Waals surface area contributed by atoms with Gasteiger partial charge in [-0.25, -0.2) is 0 Å². The highest BCUT2D eigenvalue weighted by atomic mass is 16.5. The fraction of sp³-hybridized carbons (Fsp3) is 0.500. The second-order valence-corrected chi connectivity index (χ2v) is 4.28. The van der Waals surface area contributed by atoms with E-state index < -0.39 is 0 Å². The molecule has 0 fully saturated rings. The van der Waals surface area contributed by atoms with Crippen LogP contribution in [0.4, 0.5) is 0 Å². The average molecular weight is 220 g/mol. The molecule has 0 bridgehead atoms. The van der Waals surface area contributed by atoms with Gasteiger partial charge in [-0.05, 0) is 24.6 Å². The van der Waals surface area contributed by atoms with E-state index in [1.54, 1.807) is 0 Å². The molecule has 16 heavy (non-hydrogen) atoms. The third kappa shape index (κ3) is 3.09. The Bertz CT molecular complexity index is 338. The van der Waals surface area contributed by atoms with Crippen LogP contribution in [0.1, 0.15) is 39.2 Å². The molecule has 88 valence electrons. The Balaban J connectivity index is 2.77. The van der Waals surface area contributed by atoms with Crippen LogP contribution < -0.4 is 4.74 Å². The van der Waals surface area contributed by atoms with E-state index in [9.17, 15) is 4.79 Å². The van der Waals surface area contributed by atoms with E-state index >= 15 is 0 Å². The normalized spacial score (nSPS) is 12.6. The maximum Gasteiger partial charge on any atom is 0.142 e. The van der Waals surface area contributed by atoms with Gasteiger partial charge >= 0.3 is 0 Å². The molecule has 2 nitrogen and oxygen atoms in total. The zero-order valence-corrected chi connectivity index (χ0v) is 10.5. The molecule has 0 N–H and O–H groups in total. The number of ether oxygens (including phenoxy) is 1. The van der Waals surface area contributed by atoms with Gasteiger partial charge in [0.2, 0.25) is 0 Å². The summed E-state index contributed by atoms with van der Waals surface area (Å²) in [4.78, 5) is 11.8. The molecule has 0 aliphatic carbocycles. The predicted molar refractivity (Wildman–Crippen MR) is 65.9 cm³/mol. The first kappa shape index (κ1) is 12.8. The highest BCUT2D eigenvalue weighted by Gasteiger charge is 2.17. The van der Waals surface area contributed by atoms with Crippen LogP contribution in [0.25, 0.3) is 0 Å². The van der Waals surface area contributed by atoms with Gasteiger partial charge in [0.25, 0.3) is 0 Å². The molecule has 2 heteroatoms. The minimum atomic E-state index is -0.0318. The van der Waals surface area contributed by atoms with Crippen LogP contribution in [0.3, 0.4) is 0 Å². The number of Topliss-reactive ketones (excluding diaryl/α,β-unsaturated/α-hetero) is 1. The topological polar surface area (TPSA) is 26.3 Å². The molecule has 0 aliphatic heterocycles. The van der Waals surface area contributed by atoms with Crippen molar-refractivity contribution in [1.29, 1.82) is 0 Å². The predicted octanol–water partition coefficient (Wildman–Crippen LogP) is 3.41. The summed E-state index contributed by atoms with van der Waals surface area (Å²) < 4.78 is 5.36. The summed E-state index contributed by atoms with van der Waals surface area (Å²) in [5.74, 6) is 1.19. The van der Waals surface area contributed by atoms with Gasteiger partial charge in [-0.3, -0.25) is 4.79 Å². The van der Waals surface area contributed by atoms with Gasteiger partial charge in [0.1, 0.15) is 11.5 Å². The molecule has 0 radical (unpaired) electrons. The Hall–Kier alpha value is -1.31. The highest BCUT2D eigenvalue weighted by Crippen LogP contribution is 2.22. The molecule has 1 aromatic rings. The molecule has 0 aliphatic rings. The molecular weight excluding hydrogens is 200 g/mol. The number of hydrogen-bond donors (Lipinski definition) is 0. The van der Waals surface area contributed by atoms with Crippen molar-refractivity contribution >= 4 is 5.78 Å². The van der Waals surface area contributed by atoms with E-state index in [0.717, 1.165) is 11.3 Å². The lowest BCUT2D eigenvalue weighted by molar-refractivity contribution is -0.123. The summed E-state index contributed by atoms with van der Waals surface area (Å²) in [5, 5.41) is 0. The fourth-order valence-electron chi connectivity index (χ4n) is 1.68. The molecule has 0 amide bonds. The monoisotopic (exact) mass is 220 g/mol. The number of benzene rings is 1.